The van der Waals surface area contributed by atoms with Crippen LogP contribution in [0.2, 0.25) is 0 Å². The Morgan fingerprint density at radius 2 is 1.79 bits per heavy atom. The van der Waals surface area contributed by atoms with Gasteiger partial charge in [0, 0.05) is 23.6 Å². The van der Waals surface area contributed by atoms with E-state index in [-0.39, 0.29) is 23.9 Å². The molecule has 2 saturated heterocycles. The second-order valence-electron chi connectivity index (χ2n) is 8.53. The summed E-state index contributed by atoms with van der Waals surface area (Å²) in [5, 5.41) is 13.5. The summed E-state index contributed by atoms with van der Waals surface area (Å²) in [7, 11) is 1.88. The summed E-state index contributed by atoms with van der Waals surface area (Å²) in [6.07, 6.45) is 0.513. The van der Waals surface area contributed by atoms with Crippen molar-refractivity contribution in [2.75, 3.05) is 13.6 Å². The quantitative estimate of drug-likeness (QED) is 0.303. The fourth-order valence-electron chi connectivity index (χ4n) is 4.39. The van der Waals surface area contributed by atoms with Crippen LogP contribution in [0.4, 0.5) is 0 Å². The minimum Gasteiger partial charge on any atom is -0.322 e. The molecule has 0 saturated carbocycles. The summed E-state index contributed by atoms with van der Waals surface area (Å²) >= 11 is 0. The number of hydrogen-bond acceptors (Lipinski definition) is 8. The van der Waals surface area contributed by atoms with Gasteiger partial charge in [0.1, 0.15) is 12.1 Å². The van der Waals surface area contributed by atoms with Gasteiger partial charge in [-0.25, -0.2) is 0 Å². The number of carbonyl (C=O) groups excluding carboxylic acids is 2. The van der Waals surface area contributed by atoms with Crippen LogP contribution in [0.5, 0.6) is 0 Å². The Kier molecular flexibility index (Phi) is 7.64. The molecule has 2 heterocycles. The largest absolute Gasteiger partial charge is 0.322 e. The van der Waals surface area contributed by atoms with E-state index in [0.717, 1.165) is 24.9 Å². The van der Waals surface area contributed by atoms with E-state index in [2.05, 4.69) is 21.3 Å². The van der Waals surface area contributed by atoms with Crippen molar-refractivity contribution in [2.24, 2.45) is 0 Å². The zero-order valence-electron chi connectivity index (χ0n) is 19.0. The molecular weight excluding hydrogens is 420 g/mol. The Labute approximate surface area is 194 Å². The van der Waals surface area contributed by atoms with Crippen molar-refractivity contribution in [1.29, 1.82) is 0 Å². The molecule has 2 aromatic carbocycles. The number of nitrogens with one attached hydrogen (secondary N) is 4. The van der Waals surface area contributed by atoms with Crippen molar-refractivity contribution >= 4 is 11.6 Å². The fourth-order valence-corrected chi connectivity index (χ4v) is 4.39. The second kappa shape index (κ2) is 10.6. The summed E-state index contributed by atoms with van der Waals surface area (Å²) in [6, 6.07) is 18.9. The zero-order chi connectivity index (χ0) is 23.3. The minimum atomic E-state index is -1.01. The molecular formula is C25H32N4O4. The molecule has 2 aromatic rings. The molecule has 2 aliphatic rings. The van der Waals surface area contributed by atoms with Gasteiger partial charge in [-0.1, -0.05) is 60.7 Å². The molecule has 0 aliphatic carbocycles. The van der Waals surface area contributed by atoms with Crippen LogP contribution >= 0.6 is 0 Å². The lowest BCUT2D eigenvalue weighted by atomic mass is 10.0. The van der Waals surface area contributed by atoms with E-state index in [4.69, 9.17) is 9.47 Å². The van der Waals surface area contributed by atoms with E-state index in [1.165, 1.54) is 0 Å². The molecule has 176 valence electrons. The second-order valence-corrected chi connectivity index (χ2v) is 8.53. The topological polar surface area (TPSA) is 101 Å². The van der Waals surface area contributed by atoms with Gasteiger partial charge in [-0.15, -0.1) is 0 Å². The average molecular weight is 453 g/mol. The fraction of sp³-hybridized carbons (Fsp3) is 0.440. The normalized spacial score (nSPS) is 27.3. The van der Waals surface area contributed by atoms with E-state index in [9.17, 15) is 9.59 Å². The SMILES string of the molecule is CNC(CCCNC1NC2OC(C(=O)c3ccccc3)OC2(c2ccccc2)N1)CC(C)=O. The summed E-state index contributed by atoms with van der Waals surface area (Å²) < 4.78 is 12.3. The Hall–Kier alpha value is -2.46. The summed E-state index contributed by atoms with van der Waals surface area (Å²) in [5.74, 6) is -0.0232. The van der Waals surface area contributed by atoms with Gasteiger partial charge in [0.05, 0.1) is 0 Å². The third-order valence-corrected chi connectivity index (χ3v) is 6.09. The van der Waals surface area contributed by atoms with E-state index >= 15 is 0 Å². The average Bonchev–Trinajstić information content (AvgIpc) is 3.36. The van der Waals surface area contributed by atoms with Crippen LogP contribution in [0, 0.1) is 0 Å². The lowest BCUT2D eigenvalue weighted by molar-refractivity contribution is -0.117. The molecule has 4 N–H and O–H groups in total. The first-order valence-electron chi connectivity index (χ1n) is 11.4. The van der Waals surface area contributed by atoms with Crippen molar-refractivity contribution in [2.45, 2.75) is 56.8 Å². The monoisotopic (exact) mass is 452 g/mol. The van der Waals surface area contributed by atoms with Crippen molar-refractivity contribution in [1.82, 2.24) is 21.3 Å². The van der Waals surface area contributed by atoms with Crippen LogP contribution in [0.3, 0.4) is 0 Å². The van der Waals surface area contributed by atoms with Gasteiger partial charge in [-0.05, 0) is 33.4 Å². The predicted octanol–water partition coefficient (Wildman–Crippen LogP) is 1.83. The molecule has 0 amide bonds. The Morgan fingerprint density at radius 3 is 2.45 bits per heavy atom. The number of fused-ring (bicyclic) bond motifs is 1. The molecule has 5 atom stereocenters. The maximum absolute atomic E-state index is 13.0. The van der Waals surface area contributed by atoms with Crippen molar-refractivity contribution in [3.8, 4) is 0 Å². The first-order chi connectivity index (χ1) is 16.0. The summed E-state index contributed by atoms with van der Waals surface area (Å²) in [6.45, 7) is 2.36. The van der Waals surface area contributed by atoms with Crippen LogP contribution in [-0.4, -0.2) is 50.0 Å². The molecule has 0 bridgehead atoms. The highest BCUT2D eigenvalue weighted by Gasteiger charge is 2.58. The van der Waals surface area contributed by atoms with Gasteiger partial charge in [-0.2, -0.15) is 0 Å². The van der Waals surface area contributed by atoms with Gasteiger partial charge in [0.2, 0.25) is 12.1 Å². The Bertz CT molecular complexity index is 942. The Balaban J connectivity index is 1.40. The molecule has 0 aromatic heterocycles. The van der Waals surface area contributed by atoms with Crippen LogP contribution in [0.15, 0.2) is 60.7 Å². The number of hydrogen-bond donors (Lipinski definition) is 4. The molecule has 4 rings (SSSR count). The lowest BCUT2D eigenvalue weighted by Gasteiger charge is -2.27. The number of ketones is 2. The predicted molar refractivity (Wildman–Crippen MR) is 124 cm³/mol. The lowest BCUT2D eigenvalue weighted by Crippen LogP contribution is -2.51. The molecule has 2 fully saturated rings. The highest BCUT2D eigenvalue weighted by Crippen LogP contribution is 2.39. The van der Waals surface area contributed by atoms with Crippen LogP contribution in [-0.2, 0) is 20.0 Å². The number of rotatable bonds is 11. The third kappa shape index (κ3) is 5.38. The van der Waals surface area contributed by atoms with Crippen molar-refractivity contribution in [3.05, 3.63) is 71.8 Å². The van der Waals surface area contributed by atoms with E-state index in [0.29, 0.717) is 12.0 Å². The zero-order valence-corrected chi connectivity index (χ0v) is 19.0. The van der Waals surface area contributed by atoms with Gasteiger partial charge in [0.15, 0.2) is 12.0 Å². The maximum atomic E-state index is 13.0. The summed E-state index contributed by atoms with van der Waals surface area (Å²) in [4.78, 5) is 24.3. The van der Waals surface area contributed by atoms with E-state index in [1.54, 1.807) is 19.1 Å². The van der Waals surface area contributed by atoms with Crippen LogP contribution in [0.25, 0.3) is 0 Å². The number of carbonyl (C=O) groups is 2. The molecule has 5 unspecified atom stereocenters. The van der Waals surface area contributed by atoms with E-state index in [1.807, 2.05) is 55.6 Å². The maximum Gasteiger partial charge on any atom is 0.226 e. The molecule has 2 aliphatic heterocycles. The van der Waals surface area contributed by atoms with Crippen molar-refractivity contribution in [3.63, 3.8) is 0 Å². The van der Waals surface area contributed by atoms with Crippen molar-refractivity contribution < 1.29 is 19.1 Å². The minimum absolute atomic E-state index is 0.181. The smallest absolute Gasteiger partial charge is 0.226 e. The molecule has 0 radical (unpaired) electrons. The van der Waals surface area contributed by atoms with Gasteiger partial charge in [0.25, 0.3) is 0 Å². The van der Waals surface area contributed by atoms with Gasteiger partial charge in [-0.3, -0.25) is 25.5 Å². The molecule has 33 heavy (non-hydrogen) atoms. The van der Waals surface area contributed by atoms with Gasteiger partial charge < -0.3 is 14.8 Å². The summed E-state index contributed by atoms with van der Waals surface area (Å²) in [5.41, 5.74) is 0.438. The van der Waals surface area contributed by atoms with Gasteiger partial charge >= 0.3 is 0 Å². The number of benzene rings is 2. The third-order valence-electron chi connectivity index (χ3n) is 6.09. The number of Topliss-reactive ketones (excluding diaryl/α,β-unsaturated/α-hetero) is 2. The first-order valence-corrected chi connectivity index (χ1v) is 11.4. The van der Waals surface area contributed by atoms with E-state index < -0.39 is 18.2 Å². The molecule has 0 spiro atoms. The highest BCUT2D eigenvalue weighted by atomic mass is 16.8. The highest BCUT2D eigenvalue weighted by molar-refractivity contribution is 5.98. The van der Waals surface area contributed by atoms with Crippen LogP contribution in [0.1, 0.15) is 42.1 Å². The standard InChI is InChI=1S/C25H32N4O4/c1-17(30)16-20(26-2)14-9-15-27-24-28-23-25(29-24,19-12-7-4-8-13-19)33-22(32-23)21(31)18-10-5-3-6-11-18/h3-8,10-13,20,22-24,26-29H,9,14-16H2,1-2H3. The molecule has 8 nitrogen and oxygen atoms in total. The molecule has 8 heteroatoms. The number of ether oxygens (including phenoxy) is 2. The first kappa shape index (κ1) is 23.7. The Morgan fingerprint density at radius 1 is 1.09 bits per heavy atom. The van der Waals surface area contributed by atoms with Crippen LogP contribution < -0.4 is 21.3 Å².